The smallest absolute Gasteiger partial charge is 0.247 e. The van der Waals surface area contributed by atoms with E-state index in [-0.39, 0.29) is 30.7 Å². The molecule has 2 aliphatic heterocycles. The van der Waals surface area contributed by atoms with Crippen LogP contribution in [0.5, 0.6) is 5.75 Å². The number of hydrogen-bond acceptors (Lipinski definition) is 3. The Morgan fingerprint density at radius 3 is 2.33 bits per heavy atom. The van der Waals surface area contributed by atoms with Crippen molar-refractivity contribution in [3.63, 3.8) is 0 Å². The average molecular weight is 409 g/mol. The van der Waals surface area contributed by atoms with Gasteiger partial charge in [-0.05, 0) is 53.1 Å². The normalized spacial score (nSPS) is 15.9. The number of hydrogen-bond donors (Lipinski definition) is 0. The number of benzene rings is 1. The van der Waals surface area contributed by atoms with Crippen molar-refractivity contribution in [2.45, 2.75) is 6.42 Å². The van der Waals surface area contributed by atoms with Crippen molar-refractivity contribution in [1.29, 1.82) is 0 Å². The van der Waals surface area contributed by atoms with Crippen LogP contribution in [0.2, 0.25) is 0 Å². The highest BCUT2D eigenvalue weighted by molar-refractivity contribution is 5.92. The first-order valence-corrected chi connectivity index (χ1v) is 9.93. The molecular formula is C23H24FN3O3. The van der Waals surface area contributed by atoms with Gasteiger partial charge in [0.25, 0.3) is 0 Å². The molecule has 0 N–H and O–H groups in total. The van der Waals surface area contributed by atoms with Crippen molar-refractivity contribution in [3.05, 3.63) is 71.3 Å². The van der Waals surface area contributed by atoms with Gasteiger partial charge in [0.05, 0.1) is 13.0 Å². The number of aryl methyl sites for hydroxylation is 1. The molecule has 0 unspecified atom stereocenters. The van der Waals surface area contributed by atoms with Gasteiger partial charge in [-0.2, -0.15) is 0 Å². The first kappa shape index (κ1) is 19.9. The van der Waals surface area contributed by atoms with Gasteiger partial charge < -0.3 is 19.1 Å². The molecular weight excluding hydrogens is 385 g/mol. The molecule has 1 aromatic heterocycles. The van der Waals surface area contributed by atoms with Gasteiger partial charge in [0.15, 0.2) is 0 Å². The molecule has 7 heteroatoms. The molecule has 2 amide bonds. The highest BCUT2D eigenvalue weighted by Crippen LogP contribution is 2.26. The Kier molecular flexibility index (Phi) is 5.70. The van der Waals surface area contributed by atoms with Crippen LogP contribution in [-0.2, 0) is 16.6 Å². The van der Waals surface area contributed by atoms with Gasteiger partial charge in [0, 0.05) is 51.7 Å². The molecule has 0 saturated heterocycles. The molecule has 0 bridgehead atoms. The standard InChI is InChI=1S/C23H24FN3O3/c1-25-10-8-17(12-25)2-7-22(28)26-13-18-15-27(16-19(18)14-26)23(29)9-11-30-21-5-3-20(24)4-6-21/h2-8,10,12H,9,11,13-16H2,1H3/b7-2+. The lowest BCUT2D eigenvalue weighted by Gasteiger charge is -2.22. The molecule has 3 heterocycles. The maximum atomic E-state index is 12.9. The minimum atomic E-state index is -0.320. The zero-order valence-electron chi connectivity index (χ0n) is 16.9. The van der Waals surface area contributed by atoms with Crippen molar-refractivity contribution in [3.8, 4) is 5.75 Å². The zero-order valence-corrected chi connectivity index (χ0v) is 16.9. The zero-order chi connectivity index (χ0) is 21.1. The molecule has 0 aliphatic carbocycles. The van der Waals surface area contributed by atoms with Gasteiger partial charge in [0.2, 0.25) is 11.8 Å². The van der Waals surface area contributed by atoms with E-state index in [9.17, 15) is 14.0 Å². The number of carbonyl (C=O) groups is 2. The van der Waals surface area contributed by atoms with E-state index in [1.807, 2.05) is 41.1 Å². The van der Waals surface area contributed by atoms with E-state index in [4.69, 9.17) is 4.74 Å². The van der Waals surface area contributed by atoms with Crippen LogP contribution < -0.4 is 4.74 Å². The Morgan fingerprint density at radius 2 is 1.70 bits per heavy atom. The summed E-state index contributed by atoms with van der Waals surface area (Å²) in [5.74, 6) is 0.232. The molecule has 2 aromatic rings. The highest BCUT2D eigenvalue weighted by atomic mass is 19.1. The summed E-state index contributed by atoms with van der Waals surface area (Å²) in [6, 6.07) is 7.70. The molecule has 0 fully saturated rings. The van der Waals surface area contributed by atoms with Crippen LogP contribution in [0.15, 0.2) is 59.9 Å². The number of amides is 2. The fraction of sp³-hybridized carbons (Fsp3) is 0.304. The maximum absolute atomic E-state index is 12.9. The number of carbonyl (C=O) groups excluding carboxylic acids is 2. The molecule has 0 spiro atoms. The largest absolute Gasteiger partial charge is 0.493 e. The third-order valence-electron chi connectivity index (χ3n) is 5.36. The Morgan fingerprint density at radius 1 is 1.03 bits per heavy atom. The van der Waals surface area contributed by atoms with Crippen LogP contribution in [0, 0.1) is 5.82 Å². The van der Waals surface area contributed by atoms with Crippen LogP contribution in [0.1, 0.15) is 12.0 Å². The van der Waals surface area contributed by atoms with Gasteiger partial charge in [-0.15, -0.1) is 0 Å². The molecule has 156 valence electrons. The van der Waals surface area contributed by atoms with Gasteiger partial charge in [-0.1, -0.05) is 0 Å². The maximum Gasteiger partial charge on any atom is 0.247 e. The molecule has 0 radical (unpaired) electrons. The monoisotopic (exact) mass is 409 g/mol. The van der Waals surface area contributed by atoms with Crippen molar-refractivity contribution in [2.75, 3.05) is 32.8 Å². The number of aromatic nitrogens is 1. The average Bonchev–Trinajstić information content (AvgIpc) is 3.42. The van der Waals surface area contributed by atoms with E-state index in [2.05, 4.69) is 0 Å². The number of halogens is 1. The van der Waals surface area contributed by atoms with Gasteiger partial charge in [-0.3, -0.25) is 9.59 Å². The van der Waals surface area contributed by atoms with Gasteiger partial charge in [-0.25, -0.2) is 4.39 Å². The fourth-order valence-electron chi connectivity index (χ4n) is 3.75. The minimum absolute atomic E-state index is 0.0150. The van der Waals surface area contributed by atoms with Crippen LogP contribution in [0.25, 0.3) is 6.08 Å². The van der Waals surface area contributed by atoms with Crippen molar-refractivity contribution in [2.24, 2.45) is 7.05 Å². The number of ether oxygens (including phenoxy) is 1. The number of rotatable bonds is 6. The Balaban J connectivity index is 1.21. The second kappa shape index (κ2) is 8.57. The van der Waals surface area contributed by atoms with Crippen molar-refractivity contribution < 1.29 is 18.7 Å². The first-order valence-electron chi connectivity index (χ1n) is 9.93. The first-order chi connectivity index (χ1) is 14.5. The summed E-state index contributed by atoms with van der Waals surface area (Å²) in [6.07, 6.45) is 7.58. The minimum Gasteiger partial charge on any atom is -0.493 e. The summed E-state index contributed by atoms with van der Waals surface area (Å²) in [6.45, 7) is 2.53. The van der Waals surface area contributed by atoms with E-state index < -0.39 is 0 Å². The third kappa shape index (κ3) is 4.62. The molecule has 2 aliphatic rings. The summed E-state index contributed by atoms with van der Waals surface area (Å²) >= 11 is 0. The Labute approximate surface area is 174 Å². The number of nitrogens with zero attached hydrogens (tertiary/aromatic N) is 3. The Bertz CT molecular complexity index is 989. The summed E-state index contributed by atoms with van der Waals surface area (Å²) in [5, 5.41) is 0. The predicted molar refractivity (Wildman–Crippen MR) is 111 cm³/mol. The van der Waals surface area contributed by atoms with E-state index in [1.54, 1.807) is 23.1 Å². The summed E-state index contributed by atoms with van der Waals surface area (Å²) in [5.41, 5.74) is 3.30. The summed E-state index contributed by atoms with van der Waals surface area (Å²) in [7, 11) is 1.94. The van der Waals surface area contributed by atoms with Crippen LogP contribution in [-0.4, -0.2) is 59.0 Å². The second-order valence-electron chi connectivity index (χ2n) is 7.65. The molecule has 6 nitrogen and oxygen atoms in total. The van der Waals surface area contributed by atoms with Crippen LogP contribution in [0.4, 0.5) is 4.39 Å². The fourth-order valence-corrected chi connectivity index (χ4v) is 3.75. The van der Waals surface area contributed by atoms with E-state index in [1.165, 1.54) is 12.1 Å². The van der Waals surface area contributed by atoms with Crippen molar-refractivity contribution >= 4 is 17.9 Å². The predicted octanol–water partition coefficient (Wildman–Crippen LogP) is 2.63. The molecule has 30 heavy (non-hydrogen) atoms. The molecule has 1 aromatic carbocycles. The molecule has 0 atom stereocenters. The SMILES string of the molecule is Cn1ccc(/C=C/C(=O)N2CC3=C(C2)CN(C(=O)CCOc2ccc(F)cc2)C3)c1. The van der Waals surface area contributed by atoms with Crippen LogP contribution in [0.3, 0.4) is 0 Å². The topological polar surface area (TPSA) is 54.8 Å². The Hall–Kier alpha value is -3.35. The quantitative estimate of drug-likeness (QED) is 0.545. The van der Waals surface area contributed by atoms with E-state index in [0.717, 1.165) is 16.7 Å². The molecule has 4 rings (SSSR count). The highest BCUT2D eigenvalue weighted by Gasteiger charge is 2.33. The van der Waals surface area contributed by atoms with E-state index >= 15 is 0 Å². The second-order valence-corrected chi connectivity index (χ2v) is 7.65. The van der Waals surface area contributed by atoms with Gasteiger partial charge >= 0.3 is 0 Å². The third-order valence-corrected chi connectivity index (χ3v) is 5.36. The lowest BCUT2D eigenvalue weighted by atomic mass is 10.2. The van der Waals surface area contributed by atoms with E-state index in [0.29, 0.717) is 31.9 Å². The van der Waals surface area contributed by atoms with Gasteiger partial charge in [0.1, 0.15) is 11.6 Å². The lowest BCUT2D eigenvalue weighted by Crippen LogP contribution is -2.36. The summed E-state index contributed by atoms with van der Waals surface area (Å²) in [4.78, 5) is 28.5. The lowest BCUT2D eigenvalue weighted by molar-refractivity contribution is -0.130. The van der Waals surface area contributed by atoms with Crippen molar-refractivity contribution in [1.82, 2.24) is 14.4 Å². The summed E-state index contributed by atoms with van der Waals surface area (Å²) < 4.78 is 20.3. The molecule has 0 saturated carbocycles. The van der Waals surface area contributed by atoms with Crippen LogP contribution >= 0.6 is 0 Å².